The maximum Gasteiger partial charge on any atom is 0.272 e. The SMILES string of the molecule is CCN(CC)C(=O)c1cc(NC(C)c2nccs2)ccn1. The molecular formula is C15H20N4OS. The average Bonchev–Trinajstić information content (AvgIpc) is 3.03. The van der Waals surface area contributed by atoms with Gasteiger partial charge in [-0.05, 0) is 32.9 Å². The summed E-state index contributed by atoms with van der Waals surface area (Å²) in [5, 5.41) is 6.32. The van der Waals surface area contributed by atoms with Crippen molar-refractivity contribution in [1.29, 1.82) is 0 Å². The standard InChI is InChI=1S/C15H20N4OS/c1-4-19(5-2)15(20)13-10-12(6-7-16-13)18-11(3)14-17-8-9-21-14/h6-11H,4-5H2,1-3H3,(H,16,18). The van der Waals surface area contributed by atoms with E-state index < -0.39 is 0 Å². The van der Waals surface area contributed by atoms with Crippen molar-refractivity contribution in [3.63, 3.8) is 0 Å². The number of carbonyl (C=O) groups is 1. The van der Waals surface area contributed by atoms with Gasteiger partial charge in [0.1, 0.15) is 10.7 Å². The fraction of sp³-hybridized carbons (Fsp3) is 0.400. The van der Waals surface area contributed by atoms with Crippen LogP contribution in [0.15, 0.2) is 29.9 Å². The smallest absolute Gasteiger partial charge is 0.272 e. The summed E-state index contributed by atoms with van der Waals surface area (Å²) in [7, 11) is 0. The van der Waals surface area contributed by atoms with Gasteiger partial charge in [-0.15, -0.1) is 11.3 Å². The second-order valence-corrected chi connectivity index (χ2v) is 5.57. The highest BCUT2D eigenvalue weighted by Gasteiger charge is 2.15. The minimum absolute atomic E-state index is 0.0365. The van der Waals surface area contributed by atoms with Crippen molar-refractivity contribution in [3.8, 4) is 0 Å². The lowest BCUT2D eigenvalue weighted by Gasteiger charge is -2.19. The summed E-state index contributed by atoms with van der Waals surface area (Å²) in [6, 6.07) is 3.76. The first-order valence-corrected chi connectivity index (χ1v) is 7.94. The normalized spacial score (nSPS) is 12.0. The largest absolute Gasteiger partial charge is 0.376 e. The molecule has 0 fully saturated rings. The summed E-state index contributed by atoms with van der Waals surface area (Å²) in [4.78, 5) is 22.5. The fourth-order valence-electron chi connectivity index (χ4n) is 2.07. The molecular weight excluding hydrogens is 284 g/mol. The second kappa shape index (κ2) is 7.17. The van der Waals surface area contributed by atoms with E-state index in [2.05, 4.69) is 15.3 Å². The third-order valence-corrected chi connectivity index (χ3v) is 4.19. The van der Waals surface area contributed by atoms with Crippen LogP contribution in [0, 0.1) is 0 Å². The molecule has 0 aliphatic carbocycles. The van der Waals surface area contributed by atoms with Crippen LogP contribution in [0.1, 0.15) is 42.3 Å². The van der Waals surface area contributed by atoms with Crippen molar-refractivity contribution < 1.29 is 4.79 Å². The molecule has 0 aliphatic heterocycles. The first-order chi connectivity index (χ1) is 10.2. The van der Waals surface area contributed by atoms with E-state index in [0.717, 1.165) is 10.7 Å². The van der Waals surface area contributed by atoms with Gasteiger partial charge in [0, 0.05) is 36.6 Å². The van der Waals surface area contributed by atoms with Crippen molar-refractivity contribution >= 4 is 22.9 Å². The lowest BCUT2D eigenvalue weighted by atomic mass is 10.2. The Balaban J connectivity index is 2.12. The van der Waals surface area contributed by atoms with E-state index in [1.54, 1.807) is 34.7 Å². The van der Waals surface area contributed by atoms with Gasteiger partial charge in [-0.3, -0.25) is 9.78 Å². The molecule has 1 N–H and O–H groups in total. The molecule has 21 heavy (non-hydrogen) atoms. The van der Waals surface area contributed by atoms with Crippen LogP contribution in [0.3, 0.4) is 0 Å². The van der Waals surface area contributed by atoms with Gasteiger partial charge in [-0.2, -0.15) is 0 Å². The molecule has 0 bridgehead atoms. The number of nitrogens with one attached hydrogen (secondary N) is 1. The average molecular weight is 304 g/mol. The van der Waals surface area contributed by atoms with E-state index in [1.165, 1.54) is 0 Å². The number of hydrogen-bond donors (Lipinski definition) is 1. The Morgan fingerprint density at radius 3 is 2.71 bits per heavy atom. The Bertz CT molecular complexity index is 581. The van der Waals surface area contributed by atoms with Gasteiger partial charge in [-0.1, -0.05) is 0 Å². The van der Waals surface area contributed by atoms with Crippen LogP contribution in [-0.4, -0.2) is 33.9 Å². The van der Waals surface area contributed by atoms with E-state index in [0.29, 0.717) is 18.8 Å². The van der Waals surface area contributed by atoms with Crippen LogP contribution in [0.25, 0.3) is 0 Å². The number of amides is 1. The summed E-state index contributed by atoms with van der Waals surface area (Å²) >= 11 is 1.61. The summed E-state index contributed by atoms with van der Waals surface area (Å²) < 4.78 is 0. The van der Waals surface area contributed by atoms with Crippen molar-refractivity contribution in [2.75, 3.05) is 18.4 Å². The van der Waals surface area contributed by atoms with E-state index >= 15 is 0 Å². The van der Waals surface area contributed by atoms with Crippen molar-refractivity contribution in [2.45, 2.75) is 26.8 Å². The summed E-state index contributed by atoms with van der Waals surface area (Å²) in [5.74, 6) is -0.0365. The highest BCUT2D eigenvalue weighted by atomic mass is 32.1. The number of anilines is 1. The molecule has 112 valence electrons. The lowest BCUT2D eigenvalue weighted by Crippen LogP contribution is -2.31. The Hall–Kier alpha value is -1.95. The highest BCUT2D eigenvalue weighted by molar-refractivity contribution is 7.09. The van der Waals surface area contributed by atoms with Gasteiger partial charge in [0.15, 0.2) is 0 Å². The Morgan fingerprint density at radius 1 is 1.33 bits per heavy atom. The number of hydrogen-bond acceptors (Lipinski definition) is 5. The van der Waals surface area contributed by atoms with Gasteiger partial charge < -0.3 is 10.2 Å². The molecule has 2 aromatic rings. The number of thiazole rings is 1. The van der Waals surface area contributed by atoms with Crippen LogP contribution in [0.4, 0.5) is 5.69 Å². The highest BCUT2D eigenvalue weighted by Crippen LogP contribution is 2.21. The summed E-state index contributed by atoms with van der Waals surface area (Å²) in [6.45, 7) is 7.35. The van der Waals surface area contributed by atoms with E-state index in [1.807, 2.05) is 32.2 Å². The third kappa shape index (κ3) is 3.78. The minimum Gasteiger partial charge on any atom is -0.376 e. The molecule has 1 amide bonds. The molecule has 6 heteroatoms. The molecule has 2 aromatic heterocycles. The van der Waals surface area contributed by atoms with Crippen LogP contribution in [0.2, 0.25) is 0 Å². The van der Waals surface area contributed by atoms with Crippen LogP contribution < -0.4 is 5.32 Å². The fourth-order valence-corrected chi connectivity index (χ4v) is 2.72. The van der Waals surface area contributed by atoms with Gasteiger partial charge >= 0.3 is 0 Å². The molecule has 0 saturated heterocycles. The molecule has 2 heterocycles. The quantitative estimate of drug-likeness (QED) is 0.890. The Morgan fingerprint density at radius 2 is 2.10 bits per heavy atom. The van der Waals surface area contributed by atoms with Crippen LogP contribution in [-0.2, 0) is 0 Å². The van der Waals surface area contributed by atoms with Gasteiger partial charge in [0.05, 0.1) is 6.04 Å². The zero-order chi connectivity index (χ0) is 15.2. The Labute approximate surface area is 129 Å². The van der Waals surface area contributed by atoms with Crippen molar-refractivity contribution in [1.82, 2.24) is 14.9 Å². The molecule has 0 aliphatic rings. The van der Waals surface area contributed by atoms with Crippen molar-refractivity contribution in [3.05, 3.63) is 40.6 Å². The van der Waals surface area contributed by atoms with Crippen LogP contribution in [0.5, 0.6) is 0 Å². The monoisotopic (exact) mass is 304 g/mol. The zero-order valence-corrected chi connectivity index (χ0v) is 13.4. The van der Waals surface area contributed by atoms with Crippen LogP contribution >= 0.6 is 11.3 Å². The molecule has 1 atom stereocenters. The Kier molecular flexibility index (Phi) is 5.27. The van der Waals surface area contributed by atoms with Gasteiger partial charge in [-0.25, -0.2) is 4.98 Å². The molecule has 1 unspecified atom stereocenters. The van der Waals surface area contributed by atoms with Gasteiger partial charge in [0.25, 0.3) is 5.91 Å². The van der Waals surface area contributed by atoms with E-state index in [-0.39, 0.29) is 11.9 Å². The number of pyridine rings is 1. The van der Waals surface area contributed by atoms with Gasteiger partial charge in [0.2, 0.25) is 0 Å². The lowest BCUT2D eigenvalue weighted by molar-refractivity contribution is 0.0767. The molecule has 0 saturated carbocycles. The molecule has 5 nitrogen and oxygen atoms in total. The molecule has 0 radical (unpaired) electrons. The van der Waals surface area contributed by atoms with E-state index in [9.17, 15) is 4.79 Å². The molecule has 2 rings (SSSR count). The second-order valence-electron chi connectivity index (χ2n) is 4.64. The summed E-state index contributed by atoms with van der Waals surface area (Å²) in [6.07, 6.45) is 3.45. The number of carbonyl (C=O) groups excluding carboxylic acids is 1. The predicted molar refractivity (Wildman–Crippen MR) is 85.6 cm³/mol. The van der Waals surface area contributed by atoms with E-state index in [4.69, 9.17) is 0 Å². The maximum atomic E-state index is 12.3. The number of nitrogens with zero attached hydrogens (tertiary/aromatic N) is 3. The first kappa shape index (κ1) is 15.4. The minimum atomic E-state index is -0.0365. The topological polar surface area (TPSA) is 58.1 Å². The summed E-state index contributed by atoms with van der Waals surface area (Å²) in [5.41, 5.74) is 1.35. The number of aromatic nitrogens is 2. The zero-order valence-electron chi connectivity index (χ0n) is 12.5. The number of rotatable bonds is 6. The maximum absolute atomic E-state index is 12.3. The molecule has 0 spiro atoms. The third-order valence-electron chi connectivity index (χ3n) is 3.23. The molecule has 0 aromatic carbocycles. The first-order valence-electron chi connectivity index (χ1n) is 7.07. The predicted octanol–water partition coefficient (Wildman–Crippen LogP) is 3.19. The van der Waals surface area contributed by atoms with Crippen molar-refractivity contribution in [2.24, 2.45) is 0 Å².